The number of aromatic nitrogens is 1. The van der Waals surface area contributed by atoms with Crippen LogP contribution in [-0.4, -0.2) is 27.2 Å². The van der Waals surface area contributed by atoms with Crippen LogP contribution in [0.3, 0.4) is 0 Å². The molecule has 1 rings (SSSR count). The van der Waals surface area contributed by atoms with E-state index in [2.05, 4.69) is 10.3 Å². The van der Waals surface area contributed by atoms with Gasteiger partial charge in [-0.2, -0.15) is 0 Å². The molecule has 0 spiro atoms. The molecule has 5 heteroatoms. The van der Waals surface area contributed by atoms with E-state index >= 15 is 0 Å². The highest BCUT2D eigenvalue weighted by atomic mass is 16.5. The van der Waals surface area contributed by atoms with Crippen LogP contribution < -0.4 is 10.1 Å². The van der Waals surface area contributed by atoms with Crippen LogP contribution >= 0.6 is 0 Å². The number of hydrogen-bond donors (Lipinski definition) is 2. The number of nitrogens with one attached hydrogen (secondary N) is 1. The Morgan fingerprint density at radius 3 is 2.62 bits per heavy atom. The Morgan fingerprint density at radius 1 is 1.38 bits per heavy atom. The summed E-state index contributed by atoms with van der Waals surface area (Å²) in [6, 6.07) is 3.60. The Labute approximate surface area is 126 Å². The lowest BCUT2D eigenvalue weighted by atomic mass is 10.00. The number of carbonyl (C=O) groups excluding carboxylic acids is 1. The molecule has 21 heavy (non-hydrogen) atoms. The lowest BCUT2D eigenvalue weighted by Crippen LogP contribution is -2.44. The van der Waals surface area contributed by atoms with Gasteiger partial charge in [-0.3, -0.25) is 4.79 Å². The molecule has 0 fully saturated rings. The van der Waals surface area contributed by atoms with E-state index in [0.717, 1.165) is 12.0 Å². The van der Waals surface area contributed by atoms with Crippen molar-refractivity contribution in [2.75, 3.05) is 0 Å². The highest BCUT2D eigenvalue weighted by Gasteiger charge is 2.28. The van der Waals surface area contributed by atoms with Crippen LogP contribution in [0.15, 0.2) is 18.3 Å². The molecule has 1 aromatic heterocycles. The number of amides is 1. The molecule has 0 saturated heterocycles. The zero-order valence-corrected chi connectivity index (χ0v) is 13.6. The lowest BCUT2D eigenvalue weighted by molar-refractivity contribution is -0.138. The third-order valence-electron chi connectivity index (χ3n) is 2.89. The Bertz CT molecular complexity index is 479. The third kappa shape index (κ3) is 6.12. The first kappa shape index (κ1) is 17.4. The van der Waals surface area contributed by atoms with Crippen molar-refractivity contribution in [2.45, 2.75) is 65.2 Å². The highest BCUT2D eigenvalue weighted by molar-refractivity contribution is 5.84. The van der Waals surface area contributed by atoms with E-state index in [1.165, 1.54) is 6.92 Å². The number of pyridine rings is 1. The largest absolute Gasteiger partial charge is 0.472 e. The standard InChI is InChI=1S/C16H26N2O3/c1-6-8-16(5,20)14(19)18-11-12-7-9-17-13(10-12)21-15(2,3)4/h7,9-10,20H,6,8,11H2,1-5H3,(H,18,19). The van der Waals surface area contributed by atoms with Gasteiger partial charge in [-0.05, 0) is 45.7 Å². The number of ether oxygens (including phenoxy) is 1. The summed E-state index contributed by atoms with van der Waals surface area (Å²) >= 11 is 0. The maximum atomic E-state index is 11.9. The molecule has 2 N–H and O–H groups in total. The molecule has 0 aliphatic rings. The molecule has 1 aromatic rings. The molecule has 0 aliphatic heterocycles. The average Bonchev–Trinajstić information content (AvgIpc) is 2.34. The molecule has 1 atom stereocenters. The fourth-order valence-corrected chi connectivity index (χ4v) is 1.90. The number of nitrogens with zero attached hydrogens (tertiary/aromatic N) is 1. The van der Waals surface area contributed by atoms with Crippen LogP contribution in [0.4, 0.5) is 0 Å². The molecule has 0 radical (unpaired) electrons. The number of carbonyl (C=O) groups is 1. The summed E-state index contributed by atoms with van der Waals surface area (Å²) in [4.78, 5) is 16.1. The van der Waals surface area contributed by atoms with Crippen molar-refractivity contribution in [1.29, 1.82) is 0 Å². The fraction of sp³-hybridized carbons (Fsp3) is 0.625. The maximum absolute atomic E-state index is 11.9. The minimum atomic E-state index is -1.33. The van der Waals surface area contributed by atoms with Gasteiger partial charge in [-0.25, -0.2) is 4.98 Å². The highest BCUT2D eigenvalue weighted by Crippen LogP contribution is 2.17. The van der Waals surface area contributed by atoms with E-state index in [1.807, 2.05) is 33.8 Å². The Balaban J connectivity index is 2.64. The predicted octanol–water partition coefficient (Wildman–Crippen LogP) is 2.43. The van der Waals surface area contributed by atoms with E-state index in [-0.39, 0.29) is 11.5 Å². The second-order valence-electron chi connectivity index (χ2n) is 6.42. The second-order valence-corrected chi connectivity index (χ2v) is 6.42. The summed E-state index contributed by atoms with van der Waals surface area (Å²) in [7, 11) is 0. The van der Waals surface area contributed by atoms with E-state index in [1.54, 1.807) is 12.3 Å². The number of rotatable bonds is 6. The van der Waals surface area contributed by atoms with Gasteiger partial charge in [-0.15, -0.1) is 0 Å². The predicted molar refractivity (Wildman–Crippen MR) is 82.0 cm³/mol. The molecule has 1 heterocycles. The first-order valence-electron chi connectivity index (χ1n) is 7.28. The Kier molecular flexibility index (Phi) is 5.72. The van der Waals surface area contributed by atoms with Crippen LogP contribution in [0.1, 0.15) is 53.0 Å². The van der Waals surface area contributed by atoms with Gasteiger partial charge in [0.25, 0.3) is 5.91 Å². The summed E-state index contributed by atoms with van der Waals surface area (Å²) in [5.41, 5.74) is -0.767. The number of aliphatic hydroxyl groups is 1. The zero-order valence-electron chi connectivity index (χ0n) is 13.6. The third-order valence-corrected chi connectivity index (χ3v) is 2.89. The van der Waals surface area contributed by atoms with Crippen LogP contribution in [0.5, 0.6) is 5.88 Å². The smallest absolute Gasteiger partial charge is 0.251 e. The first-order chi connectivity index (χ1) is 9.64. The van der Waals surface area contributed by atoms with Crippen molar-refractivity contribution in [3.8, 4) is 5.88 Å². The van der Waals surface area contributed by atoms with Gasteiger partial charge in [-0.1, -0.05) is 13.3 Å². The van der Waals surface area contributed by atoms with Crippen molar-refractivity contribution in [2.24, 2.45) is 0 Å². The summed E-state index contributed by atoms with van der Waals surface area (Å²) in [6.07, 6.45) is 2.83. The van der Waals surface area contributed by atoms with Gasteiger partial charge in [0.15, 0.2) is 0 Å². The summed E-state index contributed by atoms with van der Waals surface area (Å²) < 4.78 is 5.68. The summed E-state index contributed by atoms with van der Waals surface area (Å²) in [5, 5.41) is 12.8. The molecule has 0 bridgehead atoms. The lowest BCUT2D eigenvalue weighted by Gasteiger charge is -2.22. The zero-order chi connectivity index (χ0) is 16.1. The van der Waals surface area contributed by atoms with E-state index < -0.39 is 5.60 Å². The average molecular weight is 294 g/mol. The SMILES string of the molecule is CCCC(C)(O)C(=O)NCc1ccnc(OC(C)(C)C)c1. The monoisotopic (exact) mass is 294 g/mol. The maximum Gasteiger partial charge on any atom is 0.251 e. The van der Waals surface area contributed by atoms with Gasteiger partial charge in [0.05, 0.1) is 0 Å². The topological polar surface area (TPSA) is 71.5 Å². The molecule has 1 unspecified atom stereocenters. The van der Waals surface area contributed by atoms with Crippen molar-refractivity contribution in [3.05, 3.63) is 23.9 Å². The molecule has 1 amide bonds. The molecular formula is C16H26N2O3. The van der Waals surface area contributed by atoms with Gasteiger partial charge in [0.2, 0.25) is 5.88 Å². The van der Waals surface area contributed by atoms with Crippen LogP contribution in [0.2, 0.25) is 0 Å². The quantitative estimate of drug-likeness (QED) is 0.845. The van der Waals surface area contributed by atoms with Gasteiger partial charge >= 0.3 is 0 Å². The van der Waals surface area contributed by atoms with Crippen LogP contribution in [-0.2, 0) is 11.3 Å². The normalized spacial score (nSPS) is 14.4. The van der Waals surface area contributed by atoms with Gasteiger partial charge in [0.1, 0.15) is 11.2 Å². The van der Waals surface area contributed by atoms with Crippen molar-refractivity contribution in [1.82, 2.24) is 10.3 Å². The minimum absolute atomic E-state index is 0.320. The van der Waals surface area contributed by atoms with Crippen LogP contribution in [0, 0.1) is 0 Å². The Morgan fingerprint density at radius 2 is 2.05 bits per heavy atom. The Hall–Kier alpha value is -1.62. The molecule has 5 nitrogen and oxygen atoms in total. The van der Waals surface area contributed by atoms with Crippen molar-refractivity contribution in [3.63, 3.8) is 0 Å². The van der Waals surface area contributed by atoms with Crippen molar-refractivity contribution >= 4 is 5.91 Å². The first-order valence-corrected chi connectivity index (χ1v) is 7.28. The number of hydrogen-bond acceptors (Lipinski definition) is 4. The van der Waals surface area contributed by atoms with Crippen LogP contribution in [0.25, 0.3) is 0 Å². The summed E-state index contributed by atoms with van der Waals surface area (Å²) in [6.45, 7) is 9.65. The molecule has 0 saturated carbocycles. The molecular weight excluding hydrogens is 268 g/mol. The van der Waals surface area contributed by atoms with Crippen molar-refractivity contribution < 1.29 is 14.6 Å². The van der Waals surface area contributed by atoms with Gasteiger partial charge in [0, 0.05) is 18.8 Å². The second kappa shape index (κ2) is 6.89. The molecule has 0 aliphatic carbocycles. The minimum Gasteiger partial charge on any atom is -0.472 e. The van der Waals surface area contributed by atoms with Gasteiger partial charge < -0.3 is 15.2 Å². The molecule has 0 aromatic carbocycles. The van der Waals surface area contributed by atoms with E-state index in [4.69, 9.17) is 4.74 Å². The van der Waals surface area contributed by atoms with E-state index in [0.29, 0.717) is 18.8 Å². The molecule has 118 valence electrons. The summed E-state index contributed by atoms with van der Waals surface area (Å²) in [5.74, 6) is 0.161. The fourth-order valence-electron chi connectivity index (χ4n) is 1.90. The van der Waals surface area contributed by atoms with E-state index in [9.17, 15) is 9.90 Å².